The Kier molecular flexibility index (Phi) is 6.44. The predicted molar refractivity (Wildman–Crippen MR) is 118 cm³/mol. The van der Waals surface area contributed by atoms with Crippen LogP contribution in [0.1, 0.15) is 35.7 Å². The van der Waals surface area contributed by atoms with Crippen LogP contribution in [0.2, 0.25) is 0 Å². The number of benzene rings is 2. The Balaban J connectivity index is 1.38. The highest BCUT2D eigenvalue weighted by atomic mass is 16.5. The lowest BCUT2D eigenvalue weighted by Crippen LogP contribution is -2.46. The van der Waals surface area contributed by atoms with Crippen molar-refractivity contribution in [1.29, 1.82) is 0 Å². The molecule has 1 aliphatic heterocycles. The molecule has 7 nitrogen and oxygen atoms in total. The molecular formula is C24H28N4O3. The van der Waals surface area contributed by atoms with Crippen LogP contribution >= 0.6 is 0 Å². The fourth-order valence-electron chi connectivity index (χ4n) is 3.49. The average Bonchev–Trinajstić information content (AvgIpc) is 3.31. The smallest absolute Gasteiger partial charge is 0.253 e. The molecule has 1 amide bonds. The van der Waals surface area contributed by atoms with E-state index in [0.29, 0.717) is 30.5 Å². The van der Waals surface area contributed by atoms with Gasteiger partial charge in [-0.3, -0.25) is 4.79 Å². The molecule has 2 heterocycles. The molecule has 1 N–H and O–H groups in total. The SMILES string of the molecule is CC(C)(COCc1ccccc1)c1nc(-c2ccc(C(=O)N3CCNCC3)cc2)no1. The van der Waals surface area contributed by atoms with Gasteiger partial charge in [-0.05, 0) is 31.5 Å². The second-order valence-electron chi connectivity index (χ2n) is 8.40. The number of carbonyl (C=O) groups excluding carboxylic acids is 1. The molecule has 0 aliphatic carbocycles. The van der Waals surface area contributed by atoms with Crippen molar-refractivity contribution < 1.29 is 14.1 Å². The standard InChI is InChI=1S/C24H28N4O3/c1-24(2,17-30-16-18-6-4-3-5-7-18)23-26-21(27-31-23)19-8-10-20(11-9-19)22(29)28-14-12-25-13-15-28/h3-11,25H,12-17H2,1-2H3. The van der Waals surface area contributed by atoms with Gasteiger partial charge in [0, 0.05) is 37.3 Å². The van der Waals surface area contributed by atoms with Crippen LogP contribution in [0.5, 0.6) is 0 Å². The van der Waals surface area contributed by atoms with Crippen molar-refractivity contribution >= 4 is 5.91 Å². The van der Waals surface area contributed by atoms with Gasteiger partial charge in [0.05, 0.1) is 18.6 Å². The van der Waals surface area contributed by atoms with E-state index in [2.05, 4.69) is 15.5 Å². The quantitative estimate of drug-likeness (QED) is 0.632. The van der Waals surface area contributed by atoms with Gasteiger partial charge in [0.25, 0.3) is 5.91 Å². The van der Waals surface area contributed by atoms with Gasteiger partial charge in [-0.2, -0.15) is 4.98 Å². The average molecular weight is 421 g/mol. The van der Waals surface area contributed by atoms with Crippen LogP contribution < -0.4 is 5.32 Å². The number of nitrogens with zero attached hydrogens (tertiary/aromatic N) is 3. The maximum atomic E-state index is 12.6. The normalized spacial score (nSPS) is 14.6. The molecule has 0 atom stereocenters. The van der Waals surface area contributed by atoms with Gasteiger partial charge >= 0.3 is 0 Å². The number of amides is 1. The third-order valence-electron chi connectivity index (χ3n) is 5.37. The van der Waals surface area contributed by atoms with Crippen molar-refractivity contribution in [2.45, 2.75) is 25.9 Å². The lowest BCUT2D eigenvalue weighted by molar-refractivity contribution is 0.0704. The number of nitrogens with one attached hydrogen (secondary N) is 1. The molecule has 0 spiro atoms. The molecule has 0 saturated carbocycles. The van der Waals surface area contributed by atoms with Crippen molar-refractivity contribution in [3.63, 3.8) is 0 Å². The number of aromatic nitrogens is 2. The number of rotatable bonds is 7. The summed E-state index contributed by atoms with van der Waals surface area (Å²) in [6, 6.07) is 17.4. The number of ether oxygens (including phenoxy) is 1. The van der Waals surface area contributed by atoms with E-state index in [1.807, 2.05) is 73.3 Å². The Labute approximate surface area is 182 Å². The summed E-state index contributed by atoms with van der Waals surface area (Å²) in [4.78, 5) is 19.1. The van der Waals surface area contributed by atoms with Gasteiger partial charge in [0.15, 0.2) is 0 Å². The fourth-order valence-corrected chi connectivity index (χ4v) is 3.49. The summed E-state index contributed by atoms with van der Waals surface area (Å²) in [5.74, 6) is 1.09. The number of hydrogen-bond acceptors (Lipinski definition) is 6. The highest BCUT2D eigenvalue weighted by Gasteiger charge is 2.28. The zero-order valence-electron chi connectivity index (χ0n) is 18.0. The molecule has 1 aliphatic rings. The first-order chi connectivity index (χ1) is 15.0. The Hall–Kier alpha value is -3.03. The predicted octanol–water partition coefficient (Wildman–Crippen LogP) is 3.28. The maximum absolute atomic E-state index is 12.6. The molecule has 162 valence electrons. The van der Waals surface area contributed by atoms with Crippen LogP contribution in [0.3, 0.4) is 0 Å². The monoisotopic (exact) mass is 420 g/mol. The molecule has 4 rings (SSSR count). The second-order valence-corrected chi connectivity index (χ2v) is 8.40. The minimum Gasteiger partial charge on any atom is -0.376 e. The van der Waals surface area contributed by atoms with E-state index < -0.39 is 5.41 Å². The molecule has 1 saturated heterocycles. The van der Waals surface area contributed by atoms with Crippen molar-refractivity contribution in [3.8, 4) is 11.4 Å². The minimum absolute atomic E-state index is 0.0542. The van der Waals surface area contributed by atoms with E-state index in [1.165, 1.54) is 0 Å². The summed E-state index contributed by atoms with van der Waals surface area (Å²) in [7, 11) is 0. The Bertz CT molecular complexity index is 993. The zero-order valence-corrected chi connectivity index (χ0v) is 18.0. The van der Waals surface area contributed by atoms with Crippen LogP contribution in [0, 0.1) is 0 Å². The second kappa shape index (κ2) is 9.41. The van der Waals surface area contributed by atoms with Crippen LogP contribution in [0.15, 0.2) is 59.1 Å². The van der Waals surface area contributed by atoms with E-state index in [9.17, 15) is 4.79 Å². The van der Waals surface area contributed by atoms with Crippen LogP contribution in [-0.4, -0.2) is 53.7 Å². The van der Waals surface area contributed by atoms with Gasteiger partial charge in [0.1, 0.15) is 0 Å². The fraction of sp³-hybridized carbons (Fsp3) is 0.375. The molecule has 31 heavy (non-hydrogen) atoms. The Morgan fingerprint density at radius 3 is 2.52 bits per heavy atom. The lowest BCUT2D eigenvalue weighted by atomic mass is 9.95. The number of carbonyl (C=O) groups is 1. The molecule has 0 radical (unpaired) electrons. The largest absolute Gasteiger partial charge is 0.376 e. The molecule has 3 aromatic rings. The lowest BCUT2D eigenvalue weighted by Gasteiger charge is -2.27. The number of hydrogen-bond donors (Lipinski definition) is 1. The van der Waals surface area contributed by atoms with E-state index >= 15 is 0 Å². The van der Waals surface area contributed by atoms with Gasteiger partial charge in [-0.1, -0.05) is 47.6 Å². The first-order valence-electron chi connectivity index (χ1n) is 10.6. The molecular weight excluding hydrogens is 392 g/mol. The summed E-state index contributed by atoms with van der Waals surface area (Å²) in [6.45, 7) is 8.16. The first-order valence-corrected chi connectivity index (χ1v) is 10.6. The topological polar surface area (TPSA) is 80.5 Å². The van der Waals surface area contributed by atoms with Gasteiger partial charge in [-0.25, -0.2) is 0 Å². The van der Waals surface area contributed by atoms with Gasteiger partial charge in [0.2, 0.25) is 11.7 Å². The maximum Gasteiger partial charge on any atom is 0.253 e. The van der Waals surface area contributed by atoms with Crippen LogP contribution in [0.25, 0.3) is 11.4 Å². The first kappa shape index (κ1) is 21.2. The van der Waals surface area contributed by atoms with Gasteiger partial charge < -0.3 is 19.5 Å². The molecule has 1 fully saturated rings. The molecule has 0 unspecified atom stereocenters. The summed E-state index contributed by atoms with van der Waals surface area (Å²) in [6.07, 6.45) is 0. The third kappa shape index (κ3) is 5.18. The van der Waals surface area contributed by atoms with Gasteiger partial charge in [-0.15, -0.1) is 0 Å². The third-order valence-corrected chi connectivity index (χ3v) is 5.37. The van der Waals surface area contributed by atoms with E-state index in [0.717, 1.165) is 37.3 Å². The van der Waals surface area contributed by atoms with E-state index in [1.54, 1.807) is 0 Å². The summed E-state index contributed by atoms with van der Waals surface area (Å²) >= 11 is 0. The van der Waals surface area contributed by atoms with Crippen LogP contribution in [0.4, 0.5) is 0 Å². The minimum atomic E-state index is -0.418. The molecule has 1 aromatic heterocycles. The Morgan fingerprint density at radius 2 is 1.81 bits per heavy atom. The zero-order chi connectivity index (χ0) is 21.7. The van der Waals surface area contributed by atoms with Crippen molar-refractivity contribution in [3.05, 3.63) is 71.6 Å². The molecule has 7 heteroatoms. The van der Waals surface area contributed by atoms with E-state index in [4.69, 9.17) is 9.26 Å². The number of piperazine rings is 1. The molecule has 2 aromatic carbocycles. The Morgan fingerprint density at radius 1 is 1.10 bits per heavy atom. The summed E-state index contributed by atoms with van der Waals surface area (Å²) < 4.78 is 11.4. The van der Waals surface area contributed by atoms with E-state index in [-0.39, 0.29) is 5.91 Å². The van der Waals surface area contributed by atoms with Crippen molar-refractivity contribution in [2.75, 3.05) is 32.8 Å². The van der Waals surface area contributed by atoms with Crippen LogP contribution in [-0.2, 0) is 16.8 Å². The van der Waals surface area contributed by atoms with Crippen molar-refractivity contribution in [1.82, 2.24) is 20.4 Å². The highest BCUT2D eigenvalue weighted by Crippen LogP contribution is 2.25. The highest BCUT2D eigenvalue weighted by molar-refractivity contribution is 5.94. The summed E-state index contributed by atoms with van der Waals surface area (Å²) in [5, 5.41) is 7.40. The summed E-state index contributed by atoms with van der Waals surface area (Å²) in [5.41, 5.74) is 2.19. The molecule has 0 bridgehead atoms. The van der Waals surface area contributed by atoms with Crippen molar-refractivity contribution in [2.24, 2.45) is 0 Å².